The second kappa shape index (κ2) is 6.36. The van der Waals surface area contributed by atoms with Crippen LogP contribution in [0.15, 0.2) is 35.3 Å². The minimum absolute atomic E-state index is 0.0472. The van der Waals surface area contributed by atoms with E-state index in [-0.39, 0.29) is 12.3 Å². The molecule has 0 atom stereocenters. The zero-order valence-electron chi connectivity index (χ0n) is 9.76. The fourth-order valence-corrected chi connectivity index (χ4v) is 2.19. The quantitative estimate of drug-likeness (QED) is 0.567. The van der Waals surface area contributed by atoms with Crippen molar-refractivity contribution in [1.29, 1.82) is 0 Å². The molecule has 0 aliphatic rings. The maximum atomic E-state index is 11.3. The van der Waals surface area contributed by atoms with Gasteiger partial charge in [-0.25, -0.2) is 13.1 Å². The van der Waals surface area contributed by atoms with Crippen LogP contribution in [0.3, 0.4) is 0 Å². The van der Waals surface area contributed by atoms with E-state index >= 15 is 0 Å². The summed E-state index contributed by atoms with van der Waals surface area (Å²) in [5.74, 6) is 0.311. The van der Waals surface area contributed by atoms with Gasteiger partial charge in [0.25, 0.3) is 0 Å². The lowest BCUT2D eigenvalue weighted by molar-refractivity contribution is 0.584. The molecule has 0 bridgehead atoms. The average Bonchev–Trinajstić information content (AvgIpc) is 2.29. The van der Waals surface area contributed by atoms with Crippen molar-refractivity contribution in [3.63, 3.8) is 0 Å². The molecule has 5 nitrogen and oxygen atoms in total. The van der Waals surface area contributed by atoms with Crippen LogP contribution in [0.5, 0.6) is 0 Å². The molecule has 1 rings (SSSR count). The third-order valence-corrected chi connectivity index (χ3v) is 3.52. The Balaban J connectivity index is 2.55. The van der Waals surface area contributed by atoms with Gasteiger partial charge in [-0.2, -0.15) is 0 Å². The molecule has 1 aromatic rings. The number of nitrogens with one attached hydrogen (secondary N) is 1. The fraction of sp³-hybridized carbons (Fsp3) is 0.364. The molecule has 3 N–H and O–H groups in total. The van der Waals surface area contributed by atoms with E-state index in [9.17, 15) is 8.42 Å². The molecule has 0 saturated heterocycles. The van der Waals surface area contributed by atoms with Crippen molar-refractivity contribution in [2.24, 2.45) is 10.7 Å². The Kier molecular flexibility index (Phi) is 5.11. The van der Waals surface area contributed by atoms with Gasteiger partial charge in [0.05, 0.1) is 12.3 Å². The molecule has 0 amide bonds. The Hall–Kier alpha value is -1.40. The van der Waals surface area contributed by atoms with Crippen LogP contribution >= 0.6 is 0 Å². The Morgan fingerprint density at radius 3 is 2.59 bits per heavy atom. The normalized spacial score (nSPS) is 12.6. The van der Waals surface area contributed by atoms with E-state index in [2.05, 4.69) is 9.71 Å². The molecule has 0 fully saturated rings. The summed E-state index contributed by atoms with van der Waals surface area (Å²) >= 11 is 0. The predicted molar refractivity (Wildman–Crippen MR) is 69.5 cm³/mol. The van der Waals surface area contributed by atoms with Crippen molar-refractivity contribution in [2.75, 3.05) is 18.8 Å². The van der Waals surface area contributed by atoms with Crippen molar-refractivity contribution in [1.82, 2.24) is 4.72 Å². The zero-order chi connectivity index (χ0) is 12.7. The standard InChI is InChI=1S/C11H17N3O2S/c1-2-14-17(15,16)9-8-13-11(12)10-6-4-3-5-7-10/h3-7,14H,2,8-9H2,1H3,(H2,12,13). The smallest absolute Gasteiger partial charge is 0.213 e. The van der Waals surface area contributed by atoms with Gasteiger partial charge in [0.1, 0.15) is 5.84 Å². The van der Waals surface area contributed by atoms with E-state index in [1.54, 1.807) is 6.92 Å². The van der Waals surface area contributed by atoms with Gasteiger partial charge in [-0.3, -0.25) is 4.99 Å². The van der Waals surface area contributed by atoms with Gasteiger partial charge in [-0.15, -0.1) is 0 Å². The first-order valence-electron chi connectivity index (χ1n) is 5.38. The number of benzene rings is 1. The van der Waals surface area contributed by atoms with E-state index in [0.29, 0.717) is 12.4 Å². The number of rotatable bonds is 6. The van der Waals surface area contributed by atoms with Gasteiger partial charge in [0.2, 0.25) is 10.0 Å². The van der Waals surface area contributed by atoms with Crippen LogP contribution in [-0.2, 0) is 10.0 Å². The van der Waals surface area contributed by atoms with Crippen molar-refractivity contribution < 1.29 is 8.42 Å². The lowest BCUT2D eigenvalue weighted by Crippen LogP contribution is -2.27. The second-order valence-corrected chi connectivity index (χ2v) is 5.38. The predicted octanol–water partition coefficient (Wildman–Crippen LogP) is 0.331. The number of sulfonamides is 1. The molecule has 0 aliphatic heterocycles. The third-order valence-electron chi connectivity index (χ3n) is 2.08. The van der Waals surface area contributed by atoms with E-state index in [1.165, 1.54) is 0 Å². The van der Waals surface area contributed by atoms with E-state index < -0.39 is 10.0 Å². The summed E-state index contributed by atoms with van der Waals surface area (Å²) in [6, 6.07) is 9.25. The van der Waals surface area contributed by atoms with E-state index in [4.69, 9.17) is 5.73 Å². The number of nitrogens with two attached hydrogens (primary N) is 1. The maximum Gasteiger partial charge on any atom is 0.213 e. The van der Waals surface area contributed by atoms with Crippen molar-refractivity contribution >= 4 is 15.9 Å². The highest BCUT2D eigenvalue weighted by molar-refractivity contribution is 7.89. The van der Waals surface area contributed by atoms with Gasteiger partial charge in [0, 0.05) is 12.1 Å². The van der Waals surface area contributed by atoms with Crippen LogP contribution in [0, 0.1) is 0 Å². The summed E-state index contributed by atoms with van der Waals surface area (Å²) in [7, 11) is -3.22. The summed E-state index contributed by atoms with van der Waals surface area (Å²) in [5.41, 5.74) is 6.53. The Morgan fingerprint density at radius 1 is 1.35 bits per heavy atom. The molecule has 0 radical (unpaired) electrons. The van der Waals surface area contributed by atoms with Gasteiger partial charge in [0.15, 0.2) is 0 Å². The van der Waals surface area contributed by atoms with Gasteiger partial charge < -0.3 is 5.73 Å². The highest BCUT2D eigenvalue weighted by Crippen LogP contribution is 1.97. The molecule has 0 unspecified atom stereocenters. The molecular weight excluding hydrogens is 238 g/mol. The summed E-state index contributed by atoms with van der Waals surface area (Å²) < 4.78 is 25.1. The second-order valence-electron chi connectivity index (χ2n) is 3.45. The van der Waals surface area contributed by atoms with Crippen molar-refractivity contribution in [2.45, 2.75) is 6.92 Å². The Labute approximate surface area is 102 Å². The number of amidine groups is 1. The summed E-state index contributed by atoms with van der Waals surface area (Å²) in [5, 5.41) is 0. The van der Waals surface area contributed by atoms with Crippen molar-refractivity contribution in [3.8, 4) is 0 Å². The third kappa shape index (κ3) is 4.97. The average molecular weight is 255 g/mol. The van der Waals surface area contributed by atoms with Gasteiger partial charge >= 0.3 is 0 Å². The molecule has 0 aromatic heterocycles. The largest absolute Gasteiger partial charge is 0.384 e. The molecule has 94 valence electrons. The van der Waals surface area contributed by atoms with Crippen LogP contribution in [0.4, 0.5) is 0 Å². The number of hydrogen-bond donors (Lipinski definition) is 2. The Morgan fingerprint density at radius 2 is 2.00 bits per heavy atom. The minimum Gasteiger partial charge on any atom is -0.384 e. The molecular formula is C11H17N3O2S. The maximum absolute atomic E-state index is 11.3. The molecule has 6 heteroatoms. The highest BCUT2D eigenvalue weighted by atomic mass is 32.2. The first-order valence-corrected chi connectivity index (χ1v) is 7.03. The summed E-state index contributed by atoms with van der Waals surface area (Å²) in [6.45, 7) is 2.29. The van der Waals surface area contributed by atoms with Crippen LogP contribution in [0.2, 0.25) is 0 Å². The Bertz CT molecular complexity index is 469. The van der Waals surface area contributed by atoms with Gasteiger partial charge in [-0.1, -0.05) is 37.3 Å². The van der Waals surface area contributed by atoms with Crippen LogP contribution in [0.1, 0.15) is 12.5 Å². The fourth-order valence-electron chi connectivity index (χ4n) is 1.28. The SMILES string of the molecule is CCNS(=O)(=O)CCN=C(N)c1ccccc1. The molecule has 0 saturated carbocycles. The zero-order valence-corrected chi connectivity index (χ0v) is 10.6. The minimum atomic E-state index is -3.22. The first-order chi connectivity index (χ1) is 8.05. The first kappa shape index (κ1) is 13.7. The summed E-state index contributed by atoms with van der Waals surface area (Å²) in [4.78, 5) is 4.04. The molecule has 1 aromatic carbocycles. The topological polar surface area (TPSA) is 84.5 Å². The van der Waals surface area contributed by atoms with E-state index in [1.807, 2.05) is 30.3 Å². The van der Waals surface area contributed by atoms with E-state index in [0.717, 1.165) is 5.56 Å². The molecule has 0 heterocycles. The van der Waals surface area contributed by atoms with Crippen LogP contribution in [-0.4, -0.2) is 33.1 Å². The summed E-state index contributed by atoms with van der Waals surface area (Å²) in [6.07, 6.45) is 0. The number of aliphatic imine (C=N–C) groups is 1. The molecule has 17 heavy (non-hydrogen) atoms. The lowest BCUT2D eigenvalue weighted by Gasteiger charge is -2.03. The van der Waals surface area contributed by atoms with Crippen LogP contribution < -0.4 is 10.5 Å². The van der Waals surface area contributed by atoms with Gasteiger partial charge in [-0.05, 0) is 0 Å². The monoisotopic (exact) mass is 255 g/mol. The van der Waals surface area contributed by atoms with Crippen LogP contribution in [0.25, 0.3) is 0 Å². The lowest BCUT2D eigenvalue weighted by atomic mass is 10.2. The highest BCUT2D eigenvalue weighted by Gasteiger charge is 2.07. The molecule has 0 spiro atoms. The number of hydrogen-bond acceptors (Lipinski definition) is 3. The van der Waals surface area contributed by atoms with Crippen molar-refractivity contribution in [3.05, 3.63) is 35.9 Å². The number of nitrogens with zero attached hydrogens (tertiary/aromatic N) is 1. The molecule has 0 aliphatic carbocycles.